The lowest BCUT2D eigenvalue weighted by atomic mass is 9.69. The summed E-state index contributed by atoms with van der Waals surface area (Å²) in [6, 6.07) is 0. The number of hydrogen-bond donors (Lipinski definition) is 0. The van der Waals surface area contributed by atoms with Gasteiger partial charge < -0.3 is 9.47 Å². The van der Waals surface area contributed by atoms with Crippen LogP contribution in [-0.2, 0) is 19.1 Å². The minimum Gasteiger partial charge on any atom is -0.469 e. The van der Waals surface area contributed by atoms with Crippen molar-refractivity contribution in [2.75, 3.05) is 14.2 Å². The SMILES string of the molecule is COC(=O)C1C2CC(C3CC=CC32)C1C(=O)OC. The van der Waals surface area contributed by atoms with Crippen molar-refractivity contribution in [3.8, 4) is 0 Å². The monoisotopic (exact) mass is 250 g/mol. The van der Waals surface area contributed by atoms with Crippen LogP contribution in [0.4, 0.5) is 0 Å². The molecule has 0 spiro atoms. The molecule has 2 saturated carbocycles. The molecule has 4 heteroatoms. The molecule has 0 aromatic carbocycles. The molecule has 0 amide bonds. The molecule has 3 aliphatic carbocycles. The van der Waals surface area contributed by atoms with Crippen molar-refractivity contribution in [2.24, 2.45) is 35.5 Å². The van der Waals surface area contributed by atoms with Gasteiger partial charge in [-0.25, -0.2) is 0 Å². The van der Waals surface area contributed by atoms with E-state index in [9.17, 15) is 9.59 Å². The van der Waals surface area contributed by atoms with E-state index in [2.05, 4.69) is 12.2 Å². The van der Waals surface area contributed by atoms with Gasteiger partial charge in [0.2, 0.25) is 0 Å². The largest absolute Gasteiger partial charge is 0.469 e. The zero-order valence-corrected chi connectivity index (χ0v) is 10.7. The molecule has 0 heterocycles. The maximum atomic E-state index is 12.0. The van der Waals surface area contributed by atoms with E-state index in [1.807, 2.05) is 0 Å². The number of methoxy groups -OCH3 is 2. The second kappa shape index (κ2) is 4.11. The van der Waals surface area contributed by atoms with Crippen molar-refractivity contribution in [3.63, 3.8) is 0 Å². The first-order chi connectivity index (χ1) is 8.69. The Balaban J connectivity index is 1.93. The van der Waals surface area contributed by atoms with Crippen LogP contribution in [0.1, 0.15) is 12.8 Å². The molecule has 0 saturated heterocycles. The Labute approximate surface area is 106 Å². The fourth-order valence-corrected chi connectivity index (χ4v) is 4.51. The van der Waals surface area contributed by atoms with Gasteiger partial charge in [-0.3, -0.25) is 9.59 Å². The first-order valence-corrected chi connectivity index (χ1v) is 6.51. The van der Waals surface area contributed by atoms with Crippen LogP contribution < -0.4 is 0 Å². The average Bonchev–Trinajstić information content (AvgIpc) is 3.06. The van der Waals surface area contributed by atoms with E-state index < -0.39 is 0 Å². The van der Waals surface area contributed by atoms with Crippen LogP contribution in [0.15, 0.2) is 12.2 Å². The van der Waals surface area contributed by atoms with Crippen LogP contribution in [0, 0.1) is 35.5 Å². The number of carbonyl (C=O) groups excluding carboxylic acids is 2. The lowest BCUT2D eigenvalue weighted by molar-refractivity contribution is -0.162. The smallest absolute Gasteiger partial charge is 0.309 e. The molecule has 98 valence electrons. The molecule has 2 fully saturated rings. The lowest BCUT2D eigenvalue weighted by Crippen LogP contribution is -2.41. The molecule has 6 atom stereocenters. The highest BCUT2D eigenvalue weighted by atomic mass is 16.5. The van der Waals surface area contributed by atoms with Crippen LogP contribution >= 0.6 is 0 Å². The van der Waals surface area contributed by atoms with E-state index in [0.717, 1.165) is 12.8 Å². The van der Waals surface area contributed by atoms with Gasteiger partial charge in [-0.05, 0) is 36.5 Å². The van der Waals surface area contributed by atoms with Crippen LogP contribution in [0.3, 0.4) is 0 Å². The summed E-state index contributed by atoms with van der Waals surface area (Å²) in [6.45, 7) is 0. The maximum absolute atomic E-state index is 12.0. The Bertz CT molecular complexity index is 414. The fraction of sp³-hybridized carbons (Fsp3) is 0.714. The van der Waals surface area contributed by atoms with E-state index in [0.29, 0.717) is 11.8 Å². The van der Waals surface area contributed by atoms with Gasteiger partial charge in [0, 0.05) is 0 Å². The Morgan fingerprint density at radius 1 is 1.00 bits per heavy atom. The number of carbonyl (C=O) groups is 2. The van der Waals surface area contributed by atoms with Crippen molar-refractivity contribution >= 4 is 11.9 Å². The number of fused-ring (bicyclic) bond motifs is 5. The zero-order chi connectivity index (χ0) is 12.9. The predicted octanol–water partition coefficient (Wildman–Crippen LogP) is 1.41. The molecule has 3 aliphatic rings. The Morgan fingerprint density at radius 3 is 2.22 bits per heavy atom. The molecule has 0 aromatic heterocycles. The number of hydrogen-bond acceptors (Lipinski definition) is 4. The molecule has 4 nitrogen and oxygen atoms in total. The summed E-state index contributed by atoms with van der Waals surface area (Å²) in [4.78, 5) is 23.9. The van der Waals surface area contributed by atoms with Gasteiger partial charge in [0.05, 0.1) is 26.1 Å². The van der Waals surface area contributed by atoms with Gasteiger partial charge in [-0.2, -0.15) is 0 Å². The standard InChI is InChI=1S/C14H18O4/c1-17-13(15)11-9-6-10(12(11)14(16)18-2)8-5-3-4-7(8)9/h3-4,7-12H,5-6H2,1-2H3. The molecule has 3 rings (SSSR count). The number of allylic oxidation sites excluding steroid dienone is 2. The highest BCUT2D eigenvalue weighted by Crippen LogP contribution is 2.61. The third-order valence-electron chi connectivity index (χ3n) is 5.11. The Hall–Kier alpha value is -1.32. The second-order valence-electron chi connectivity index (χ2n) is 5.57. The normalized spacial score (nSPS) is 43.9. The van der Waals surface area contributed by atoms with Crippen molar-refractivity contribution in [1.82, 2.24) is 0 Å². The maximum Gasteiger partial charge on any atom is 0.309 e. The van der Waals surface area contributed by atoms with Gasteiger partial charge >= 0.3 is 11.9 Å². The van der Waals surface area contributed by atoms with E-state index in [-0.39, 0.29) is 35.6 Å². The molecule has 0 aliphatic heterocycles. The van der Waals surface area contributed by atoms with Gasteiger partial charge in [-0.1, -0.05) is 12.2 Å². The predicted molar refractivity (Wildman–Crippen MR) is 63.3 cm³/mol. The second-order valence-corrected chi connectivity index (χ2v) is 5.57. The van der Waals surface area contributed by atoms with E-state index in [1.165, 1.54) is 14.2 Å². The van der Waals surface area contributed by atoms with Crippen LogP contribution in [0.25, 0.3) is 0 Å². The zero-order valence-electron chi connectivity index (χ0n) is 10.7. The topological polar surface area (TPSA) is 52.6 Å². The quantitative estimate of drug-likeness (QED) is 0.549. The molecule has 0 N–H and O–H groups in total. The number of ether oxygens (including phenoxy) is 2. The highest BCUT2D eigenvalue weighted by molar-refractivity contribution is 5.84. The van der Waals surface area contributed by atoms with Crippen molar-refractivity contribution in [3.05, 3.63) is 12.2 Å². The minimum atomic E-state index is -0.309. The molecule has 2 bridgehead atoms. The summed E-state index contributed by atoms with van der Waals surface area (Å²) in [6.07, 6.45) is 6.40. The molecular formula is C14H18O4. The average molecular weight is 250 g/mol. The van der Waals surface area contributed by atoms with Crippen LogP contribution in [0.2, 0.25) is 0 Å². The third kappa shape index (κ3) is 1.38. The molecule has 6 unspecified atom stereocenters. The molecule has 0 aromatic rings. The van der Waals surface area contributed by atoms with Crippen LogP contribution in [-0.4, -0.2) is 26.2 Å². The van der Waals surface area contributed by atoms with Gasteiger partial charge in [0.15, 0.2) is 0 Å². The summed E-state index contributed by atoms with van der Waals surface area (Å²) in [5.41, 5.74) is 0. The highest BCUT2D eigenvalue weighted by Gasteiger charge is 2.62. The minimum absolute atomic E-state index is 0.247. The molecular weight excluding hydrogens is 232 g/mol. The van der Waals surface area contributed by atoms with E-state index in [4.69, 9.17) is 9.47 Å². The van der Waals surface area contributed by atoms with Gasteiger partial charge in [0.1, 0.15) is 0 Å². The van der Waals surface area contributed by atoms with E-state index in [1.54, 1.807) is 0 Å². The summed E-state index contributed by atoms with van der Waals surface area (Å²) in [5.74, 6) is 0.423. The van der Waals surface area contributed by atoms with Crippen LogP contribution in [0.5, 0.6) is 0 Å². The van der Waals surface area contributed by atoms with Gasteiger partial charge in [-0.15, -0.1) is 0 Å². The first kappa shape index (κ1) is 11.8. The molecule has 18 heavy (non-hydrogen) atoms. The summed E-state index contributed by atoms with van der Waals surface area (Å²) < 4.78 is 9.78. The van der Waals surface area contributed by atoms with Crippen molar-refractivity contribution < 1.29 is 19.1 Å². The summed E-state index contributed by atoms with van der Waals surface area (Å²) in [5, 5.41) is 0. The lowest BCUT2D eigenvalue weighted by Gasteiger charge is -2.34. The summed E-state index contributed by atoms with van der Waals surface area (Å²) >= 11 is 0. The number of rotatable bonds is 2. The van der Waals surface area contributed by atoms with Crippen molar-refractivity contribution in [1.29, 1.82) is 0 Å². The Morgan fingerprint density at radius 2 is 1.61 bits per heavy atom. The fourth-order valence-electron chi connectivity index (χ4n) is 4.51. The summed E-state index contributed by atoms with van der Waals surface area (Å²) in [7, 11) is 2.79. The third-order valence-corrected chi connectivity index (χ3v) is 5.11. The molecule has 0 radical (unpaired) electrons. The first-order valence-electron chi connectivity index (χ1n) is 6.51. The van der Waals surface area contributed by atoms with Gasteiger partial charge in [0.25, 0.3) is 0 Å². The number of esters is 2. The van der Waals surface area contributed by atoms with Crippen molar-refractivity contribution in [2.45, 2.75) is 12.8 Å². The Kier molecular flexibility index (Phi) is 2.68. The van der Waals surface area contributed by atoms with E-state index >= 15 is 0 Å².